The first-order valence-corrected chi connectivity index (χ1v) is 10.4. The molecule has 3 saturated heterocycles. The van der Waals surface area contributed by atoms with E-state index in [0.717, 1.165) is 0 Å². The van der Waals surface area contributed by atoms with Crippen molar-refractivity contribution in [3.63, 3.8) is 0 Å². The SMILES string of the molecule is C[C@H]1O[C@@H](O[C@H]2[C@H](O)[C@@H](O)[C@@H](O[C@H]3[C@H](O)[C@@H](CO)N[C@@H]3CO)O[C@@H]2CO)[C@H](O)[C@@H](O)[C@@H]1O. The minimum Gasteiger partial charge on any atom is -0.395 e. The van der Waals surface area contributed by atoms with Crippen molar-refractivity contribution >= 4 is 0 Å². The van der Waals surface area contributed by atoms with Crippen LogP contribution in [0.2, 0.25) is 0 Å². The first-order chi connectivity index (χ1) is 15.1. The molecule has 14 nitrogen and oxygen atoms in total. The molecular weight excluding hydrogens is 438 g/mol. The number of hydrogen-bond acceptors (Lipinski definition) is 14. The van der Waals surface area contributed by atoms with Gasteiger partial charge in [0.15, 0.2) is 12.6 Å². The summed E-state index contributed by atoms with van der Waals surface area (Å²) in [5, 5.41) is 92.6. The van der Waals surface area contributed by atoms with E-state index in [0.29, 0.717) is 0 Å². The van der Waals surface area contributed by atoms with Crippen LogP contribution in [0.15, 0.2) is 0 Å². The summed E-state index contributed by atoms with van der Waals surface area (Å²) in [4.78, 5) is 0. The number of aliphatic hydroxyl groups excluding tert-OH is 9. The Morgan fingerprint density at radius 2 is 1.19 bits per heavy atom. The lowest BCUT2D eigenvalue weighted by molar-refractivity contribution is -0.362. The van der Waals surface area contributed by atoms with Gasteiger partial charge in [0.2, 0.25) is 0 Å². The molecule has 3 rings (SSSR count). The molecule has 32 heavy (non-hydrogen) atoms. The number of ether oxygens (including phenoxy) is 4. The molecule has 0 saturated carbocycles. The van der Waals surface area contributed by atoms with Crippen LogP contribution in [0, 0.1) is 0 Å². The molecule has 0 aliphatic carbocycles. The quantitative estimate of drug-likeness (QED) is 0.166. The fraction of sp³-hybridized carbons (Fsp3) is 1.00. The van der Waals surface area contributed by atoms with E-state index in [9.17, 15) is 46.0 Å². The largest absolute Gasteiger partial charge is 0.395 e. The molecule has 14 atom stereocenters. The van der Waals surface area contributed by atoms with E-state index in [-0.39, 0.29) is 0 Å². The van der Waals surface area contributed by atoms with Crippen LogP contribution in [0.1, 0.15) is 6.92 Å². The average Bonchev–Trinajstić information content (AvgIpc) is 3.09. The highest BCUT2D eigenvalue weighted by Crippen LogP contribution is 2.31. The third-order valence-electron chi connectivity index (χ3n) is 6.18. The summed E-state index contributed by atoms with van der Waals surface area (Å²) in [6.07, 6.45) is -17.1. The van der Waals surface area contributed by atoms with E-state index >= 15 is 0 Å². The summed E-state index contributed by atoms with van der Waals surface area (Å²) >= 11 is 0. The van der Waals surface area contributed by atoms with Gasteiger partial charge in [-0.15, -0.1) is 0 Å². The second-order valence-corrected chi connectivity index (χ2v) is 8.32. The minimum atomic E-state index is -1.74. The molecule has 0 radical (unpaired) electrons. The number of nitrogens with one attached hydrogen (secondary N) is 1. The van der Waals surface area contributed by atoms with Gasteiger partial charge >= 0.3 is 0 Å². The van der Waals surface area contributed by atoms with E-state index < -0.39 is 106 Å². The van der Waals surface area contributed by atoms with E-state index in [1.54, 1.807) is 0 Å². The monoisotopic (exact) mass is 471 g/mol. The van der Waals surface area contributed by atoms with Gasteiger partial charge in [-0.05, 0) is 6.92 Å². The zero-order valence-corrected chi connectivity index (χ0v) is 17.4. The van der Waals surface area contributed by atoms with Crippen LogP contribution in [0.25, 0.3) is 0 Å². The molecule has 10 N–H and O–H groups in total. The normalized spacial score (nSPS) is 52.3. The first kappa shape index (κ1) is 26.1. The van der Waals surface area contributed by atoms with Crippen molar-refractivity contribution in [1.29, 1.82) is 0 Å². The lowest BCUT2D eigenvalue weighted by Gasteiger charge is -2.46. The zero-order valence-electron chi connectivity index (χ0n) is 17.4. The number of rotatable bonds is 7. The second kappa shape index (κ2) is 10.8. The van der Waals surface area contributed by atoms with Gasteiger partial charge in [-0.2, -0.15) is 0 Å². The Morgan fingerprint density at radius 3 is 1.78 bits per heavy atom. The summed E-state index contributed by atoms with van der Waals surface area (Å²) in [7, 11) is 0. The van der Waals surface area contributed by atoms with Crippen molar-refractivity contribution < 1.29 is 64.9 Å². The first-order valence-electron chi connectivity index (χ1n) is 10.4. The summed E-state index contributed by atoms with van der Waals surface area (Å²) in [6.45, 7) is -0.162. The Bertz CT molecular complexity index is 597. The van der Waals surface area contributed by atoms with Gasteiger partial charge in [-0.1, -0.05) is 0 Å². The molecule has 14 heteroatoms. The van der Waals surface area contributed by atoms with Crippen molar-refractivity contribution in [1.82, 2.24) is 5.32 Å². The van der Waals surface area contributed by atoms with Gasteiger partial charge < -0.3 is 70.2 Å². The molecule has 0 unspecified atom stereocenters. The predicted molar refractivity (Wildman–Crippen MR) is 101 cm³/mol. The molecule has 3 aliphatic heterocycles. The molecule has 0 amide bonds. The maximum Gasteiger partial charge on any atom is 0.187 e. The van der Waals surface area contributed by atoms with E-state index in [1.165, 1.54) is 6.92 Å². The van der Waals surface area contributed by atoms with Crippen LogP contribution in [-0.4, -0.2) is 151 Å². The predicted octanol–water partition coefficient (Wildman–Crippen LogP) is -6.29. The maximum absolute atomic E-state index is 10.6. The van der Waals surface area contributed by atoms with Crippen LogP contribution in [0.4, 0.5) is 0 Å². The minimum absolute atomic E-state index is 0.438. The highest BCUT2D eigenvalue weighted by Gasteiger charge is 2.52. The second-order valence-electron chi connectivity index (χ2n) is 8.32. The average molecular weight is 471 g/mol. The van der Waals surface area contributed by atoms with Crippen LogP contribution in [0.5, 0.6) is 0 Å². The molecule has 3 fully saturated rings. The van der Waals surface area contributed by atoms with Gasteiger partial charge in [-0.25, -0.2) is 0 Å². The van der Waals surface area contributed by atoms with Gasteiger partial charge in [0.1, 0.15) is 48.8 Å². The molecule has 0 spiro atoms. The molecular formula is C18H33NO13. The van der Waals surface area contributed by atoms with Gasteiger partial charge in [0.05, 0.1) is 44.1 Å². The smallest absolute Gasteiger partial charge is 0.187 e. The Morgan fingerprint density at radius 1 is 0.625 bits per heavy atom. The Hall–Kier alpha value is -0.560. The summed E-state index contributed by atoms with van der Waals surface area (Å²) in [6, 6.07) is -1.59. The van der Waals surface area contributed by atoms with Crippen molar-refractivity contribution in [2.45, 2.75) is 92.6 Å². The molecule has 0 aromatic carbocycles. The van der Waals surface area contributed by atoms with Crippen LogP contribution in [0.3, 0.4) is 0 Å². The fourth-order valence-electron chi connectivity index (χ4n) is 4.20. The summed E-state index contributed by atoms with van der Waals surface area (Å²) in [5.74, 6) is 0. The van der Waals surface area contributed by atoms with Crippen LogP contribution in [-0.2, 0) is 18.9 Å². The number of hydrogen-bond donors (Lipinski definition) is 10. The van der Waals surface area contributed by atoms with Crippen LogP contribution < -0.4 is 5.32 Å². The summed E-state index contributed by atoms with van der Waals surface area (Å²) < 4.78 is 21.9. The highest BCUT2D eigenvalue weighted by molar-refractivity contribution is 5.00. The molecule has 0 aromatic heterocycles. The molecule has 188 valence electrons. The van der Waals surface area contributed by atoms with E-state index in [4.69, 9.17) is 18.9 Å². The van der Waals surface area contributed by atoms with Crippen molar-refractivity contribution in [3.05, 3.63) is 0 Å². The standard InChI is InChI=1S/C18H33NO13/c1-5-9(23)11(25)13(27)17(29-5)32-16-8(4-22)30-18(14(28)12(16)26)31-15-7(3-21)19-6(2-20)10(15)24/h5-28H,2-4H2,1H3/t5-,6-,7-,8-,9-,10-,11+,12-,13-,14-,15-,16-,17+,18-/m1/s1. The molecule has 0 aromatic rings. The summed E-state index contributed by atoms with van der Waals surface area (Å²) in [5.41, 5.74) is 0. The Balaban J connectivity index is 1.69. The maximum atomic E-state index is 10.6. The molecule has 3 aliphatic rings. The number of aliphatic hydroxyl groups is 9. The Labute approximate surface area is 183 Å². The van der Waals surface area contributed by atoms with Crippen LogP contribution >= 0.6 is 0 Å². The fourth-order valence-corrected chi connectivity index (χ4v) is 4.20. The van der Waals surface area contributed by atoms with Gasteiger partial charge in [0, 0.05) is 0 Å². The third kappa shape index (κ3) is 4.94. The lowest BCUT2D eigenvalue weighted by atomic mass is 9.97. The van der Waals surface area contributed by atoms with E-state index in [2.05, 4.69) is 5.32 Å². The van der Waals surface area contributed by atoms with Crippen molar-refractivity contribution in [2.24, 2.45) is 0 Å². The van der Waals surface area contributed by atoms with Crippen molar-refractivity contribution in [2.75, 3.05) is 19.8 Å². The lowest BCUT2D eigenvalue weighted by Crippen LogP contribution is -2.64. The third-order valence-corrected chi connectivity index (χ3v) is 6.18. The topological polar surface area (TPSA) is 231 Å². The van der Waals surface area contributed by atoms with Crippen molar-refractivity contribution in [3.8, 4) is 0 Å². The Kier molecular flexibility index (Phi) is 8.79. The highest BCUT2D eigenvalue weighted by atomic mass is 16.7. The van der Waals surface area contributed by atoms with E-state index in [1.807, 2.05) is 0 Å². The van der Waals surface area contributed by atoms with Gasteiger partial charge in [0.25, 0.3) is 0 Å². The molecule has 0 bridgehead atoms. The van der Waals surface area contributed by atoms with Gasteiger partial charge in [-0.3, -0.25) is 0 Å². The zero-order chi connectivity index (χ0) is 23.7. The molecule has 3 heterocycles.